The molecule has 2 unspecified atom stereocenters. The average Bonchev–Trinajstić information content (AvgIpc) is 2.16. The van der Waals surface area contributed by atoms with Crippen LogP contribution in [0.4, 0.5) is 0 Å². The molecule has 0 aliphatic rings. The number of hydrogen-bond donors (Lipinski definition) is 3. The van der Waals surface area contributed by atoms with E-state index in [0.29, 0.717) is 10.2 Å². The van der Waals surface area contributed by atoms with E-state index in [1.54, 1.807) is 12.1 Å². The van der Waals surface area contributed by atoms with Crippen molar-refractivity contribution in [1.29, 1.82) is 0 Å². The smallest absolute Gasteiger partial charge is 0.323 e. The molecule has 0 spiro atoms. The fourth-order valence-corrected chi connectivity index (χ4v) is 1.43. The van der Waals surface area contributed by atoms with Crippen LogP contribution in [0, 0.1) is 0 Å². The predicted molar refractivity (Wildman–Crippen MR) is 52.5 cm³/mol. The number of aliphatic hydroxyl groups excluding tert-OH is 1. The number of carbonyl (C=O) groups is 1. The molecule has 0 bridgehead atoms. The van der Waals surface area contributed by atoms with Gasteiger partial charge < -0.3 is 15.9 Å². The summed E-state index contributed by atoms with van der Waals surface area (Å²) in [6.07, 6.45) is 0.252. The van der Waals surface area contributed by atoms with E-state index in [4.69, 9.17) is 10.8 Å². The van der Waals surface area contributed by atoms with E-state index in [9.17, 15) is 9.90 Å². The number of rotatable bonds is 3. The van der Waals surface area contributed by atoms with Crippen molar-refractivity contribution in [2.45, 2.75) is 12.1 Å². The molecular formula is C8H9BrN2O3. The molecule has 1 rings (SSSR count). The number of carboxylic acid groups (broad SMARTS) is 1. The highest BCUT2D eigenvalue weighted by Gasteiger charge is 2.25. The van der Waals surface area contributed by atoms with Gasteiger partial charge in [-0.2, -0.15) is 0 Å². The summed E-state index contributed by atoms with van der Waals surface area (Å²) in [6, 6.07) is 1.80. The lowest BCUT2D eigenvalue weighted by molar-refractivity contribution is -0.141. The van der Waals surface area contributed by atoms with E-state index in [1.165, 1.54) is 6.20 Å². The van der Waals surface area contributed by atoms with Crippen LogP contribution in [-0.4, -0.2) is 27.2 Å². The van der Waals surface area contributed by atoms with Crippen molar-refractivity contribution < 1.29 is 15.0 Å². The van der Waals surface area contributed by atoms with Crippen molar-refractivity contribution in [2.75, 3.05) is 0 Å². The Labute approximate surface area is 88.7 Å². The van der Waals surface area contributed by atoms with E-state index >= 15 is 0 Å². The number of nitrogens with zero attached hydrogens (tertiary/aromatic N) is 1. The highest BCUT2D eigenvalue weighted by atomic mass is 79.9. The third-order valence-electron chi connectivity index (χ3n) is 1.73. The van der Waals surface area contributed by atoms with Crippen molar-refractivity contribution in [1.82, 2.24) is 4.98 Å². The maximum atomic E-state index is 10.5. The number of hydrogen-bond acceptors (Lipinski definition) is 4. The second-order valence-electron chi connectivity index (χ2n) is 2.69. The van der Waals surface area contributed by atoms with E-state index in [0.717, 1.165) is 0 Å². The summed E-state index contributed by atoms with van der Waals surface area (Å²) in [7, 11) is 0. The predicted octanol–water partition coefficient (Wildman–Crippen LogP) is 0.289. The first kappa shape index (κ1) is 11.1. The Hall–Kier alpha value is -0.980. The summed E-state index contributed by atoms with van der Waals surface area (Å²) >= 11 is 3.09. The fourth-order valence-electron chi connectivity index (χ4n) is 0.948. The molecule has 0 fully saturated rings. The molecule has 0 aliphatic heterocycles. The molecule has 1 aromatic heterocycles. The highest BCUT2D eigenvalue weighted by Crippen LogP contribution is 2.22. The maximum Gasteiger partial charge on any atom is 0.323 e. The first-order chi connectivity index (χ1) is 6.54. The molecule has 0 saturated carbocycles. The van der Waals surface area contributed by atoms with E-state index in [2.05, 4.69) is 20.9 Å². The molecule has 5 nitrogen and oxygen atoms in total. The van der Waals surface area contributed by atoms with Crippen LogP contribution >= 0.6 is 15.9 Å². The van der Waals surface area contributed by atoms with Gasteiger partial charge in [-0.05, 0) is 22.0 Å². The van der Waals surface area contributed by atoms with Crippen LogP contribution < -0.4 is 5.73 Å². The SMILES string of the molecule is NC(C(=O)O)C(O)c1cccnc1Br. The minimum Gasteiger partial charge on any atom is -0.480 e. The molecule has 0 saturated heterocycles. The van der Waals surface area contributed by atoms with Gasteiger partial charge in [-0.25, -0.2) is 4.98 Å². The molecule has 1 heterocycles. The summed E-state index contributed by atoms with van der Waals surface area (Å²) in [5.41, 5.74) is 5.63. The molecule has 14 heavy (non-hydrogen) atoms. The third-order valence-corrected chi connectivity index (χ3v) is 2.39. The average molecular weight is 261 g/mol. The Balaban J connectivity index is 2.94. The maximum absolute atomic E-state index is 10.5. The molecule has 0 amide bonds. The lowest BCUT2D eigenvalue weighted by Crippen LogP contribution is -2.36. The summed E-state index contributed by atoms with van der Waals surface area (Å²) in [5, 5.41) is 18.1. The molecule has 0 radical (unpaired) electrons. The minimum absolute atomic E-state index is 0.363. The fraction of sp³-hybridized carbons (Fsp3) is 0.250. The summed E-state index contributed by atoms with van der Waals surface area (Å²) in [4.78, 5) is 14.4. The van der Waals surface area contributed by atoms with Crippen molar-refractivity contribution >= 4 is 21.9 Å². The Morgan fingerprint density at radius 1 is 1.64 bits per heavy atom. The molecule has 76 valence electrons. The van der Waals surface area contributed by atoms with Gasteiger partial charge in [0.15, 0.2) is 0 Å². The van der Waals surface area contributed by atoms with Gasteiger partial charge in [0, 0.05) is 11.8 Å². The minimum atomic E-state index is -1.35. The molecule has 0 aromatic carbocycles. The number of nitrogens with two attached hydrogens (primary N) is 1. The van der Waals surface area contributed by atoms with Crippen LogP contribution in [0.5, 0.6) is 0 Å². The zero-order chi connectivity index (χ0) is 10.7. The number of halogens is 1. The van der Waals surface area contributed by atoms with Gasteiger partial charge in [0.2, 0.25) is 0 Å². The van der Waals surface area contributed by atoms with Gasteiger partial charge in [0.1, 0.15) is 16.7 Å². The topological polar surface area (TPSA) is 96.4 Å². The largest absolute Gasteiger partial charge is 0.480 e. The van der Waals surface area contributed by atoms with Crippen LogP contribution in [0.15, 0.2) is 22.9 Å². The highest BCUT2D eigenvalue weighted by molar-refractivity contribution is 9.10. The number of aromatic nitrogens is 1. The Bertz CT molecular complexity index is 345. The Kier molecular flexibility index (Phi) is 3.56. The van der Waals surface area contributed by atoms with Crippen molar-refractivity contribution in [3.63, 3.8) is 0 Å². The molecule has 4 N–H and O–H groups in total. The third kappa shape index (κ3) is 2.28. The monoisotopic (exact) mass is 260 g/mol. The first-order valence-electron chi connectivity index (χ1n) is 3.81. The zero-order valence-electron chi connectivity index (χ0n) is 7.09. The molecular weight excluding hydrogens is 252 g/mol. The van der Waals surface area contributed by atoms with E-state index in [1.807, 2.05) is 0 Å². The van der Waals surface area contributed by atoms with Gasteiger partial charge in [0.25, 0.3) is 0 Å². The number of pyridine rings is 1. The lowest BCUT2D eigenvalue weighted by atomic mass is 10.1. The van der Waals surface area contributed by atoms with E-state index in [-0.39, 0.29) is 0 Å². The standard InChI is InChI=1S/C8H9BrN2O3/c9-7-4(2-1-3-11-7)6(12)5(10)8(13)14/h1-3,5-6,12H,10H2,(H,13,14). The van der Waals surface area contributed by atoms with Crippen LogP contribution in [0.2, 0.25) is 0 Å². The normalized spacial score (nSPS) is 14.8. The molecule has 1 aromatic rings. The molecule has 6 heteroatoms. The number of aliphatic carboxylic acids is 1. The number of aliphatic hydroxyl groups is 1. The van der Waals surface area contributed by atoms with Crippen molar-refractivity contribution in [3.8, 4) is 0 Å². The molecule has 2 atom stereocenters. The van der Waals surface area contributed by atoms with Crippen molar-refractivity contribution in [3.05, 3.63) is 28.5 Å². The second kappa shape index (κ2) is 4.50. The van der Waals surface area contributed by atoms with Gasteiger partial charge in [-0.1, -0.05) is 6.07 Å². The van der Waals surface area contributed by atoms with Gasteiger partial charge in [0.05, 0.1) is 0 Å². The zero-order valence-corrected chi connectivity index (χ0v) is 8.68. The van der Waals surface area contributed by atoms with Crippen molar-refractivity contribution in [2.24, 2.45) is 5.73 Å². The second-order valence-corrected chi connectivity index (χ2v) is 3.44. The number of carboxylic acids is 1. The summed E-state index contributed by atoms with van der Waals surface area (Å²) in [5.74, 6) is -1.26. The van der Waals surface area contributed by atoms with Gasteiger partial charge >= 0.3 is 5.97 Å². The van der Waals surface area contributed by atoms with Crippen LogP contribution in [0.1, 0.15) is 11.7 Å². The summed E-state index contributed by atoms with van der Waals surface area (Å²) in [6.45, 7) is 0. The Morgan fingerprint density at radius 2 is 2.29 bits per heavy atom. The van der Waals surface area contributed by atoms with Crippen LogP contribution in [0.25, 0.3) is 0 Å². The molecule has 0 aliphatic carbocycles. The van der Waals surface area contributed by atoms with Gasteiger partial charge in [-0.15, -0.1) is 0 Å². The van der Waals surface area contributed by atoms with E-state index < -0.39 is 18.1 Å². The Morgan fingerprint density at radius 3 is 2.79 bits per heavy atom. The first-order valence-corrected chi connectivity index (χ1v) is 4.60. The van der Waals surface area contributed by atoms with Gasteiger partial charge in [-0.3, -0.25) is 4.79 Å². The summed E-state index contributed by atoms with van der Waals surface area (Å²) < 4.78 is 0.393. The van der Waals surface area contributed by atoms with Crippen LogP contribution in [-0.2, 0) is 4.79 Å². The lowest BCUT2D eigenvalue weighted by Gasteiger charge is -2.15. The quantitative estimate of drug-likeness (QED) is 0.679. The van der Waals surface area contributed by atoms with Crippen LogP contribution in [0.3, 0.4) is 0 Å².